The van der Waals surface area contributed by atoms with E-state index in [1.807, 2.05) is 36.4 Å². The first kappa shape index (κ1) is 17.0. The summed E-state index contributed by atoms with van der Waals surface area (Å²) in [5.41, 5.74) is 6.08. The lowest BCUT2D eigenvalue weighted by Gasteiger charge is -2.08. The highest BCUT2D eigenvalue weighted by Crippen LogP contribution is 2.36. The Labute approximate surface area is 157 Å². The maximum atomic E-state index is 12.7. The van der Waals surface area contributed by atoms with Crippen molar-refractivity contribution in [1.29, 1.82) is 0 Å². The highest BCUT2D eigenvalue weighted by molar-refractivity contribution is 6.09. The first-order valence-electron chi connectivity index (χ1n) is 8.79. The third-order valence-corrected chi connectivity index (χ3v) is 4.76. The summed E-state index contributed by atoms with van der Waals surface area (Å²) in [5.74, 6) is -0.663. The van der Waals surface area contributed by atoms with Crippen molar-refractivity contribution in [3.63, 3.8) is 0 Å². The van der Waals surface area contributed by atoms with Crippen molar-refractivity contribution in [2.75, 3.05) is 6.61 Å². The molecule has 3 heteroatoms. The first-order chi connectivity index (χ1) is 13.1. The second-order valence-electron chi connectivity index (χ2n) is 6.58. The quantitative estimate of drug-likeness (QED) is 0.292. The zero-order chi connectivity index (χ0) is 18.8. The molecule has 3 aromatic carbocycles. The second kappa shape index (κ2) is 7.04. The Morgan fingerprint density at radius 3 is 2.33 bits per heavy atom. The van der Waals surface area contributed by atoms with Gasteiger partial charge in [0.05, 0.1) is 5.56 Å². The molecule has 0 atom stereocenters. The summed E-state index contributed by atoms with van der Waals surface area (Å²) >= 11 is 0. The van der Waals surface area contributed by atoms with Gasteiger partial charge in [-0.2, -0.15) is 0 Å². The van der Waals surface area contributed by atoms with Gasteiger partial charge in [0.15, 0.2) is 5.78 Å². The van der Waals surface area contributed by atoms with Crippen LogP contribution in [0.3, 0.4) is 0 Å². The van der Waals surface area contributed by atoms with E-state index in [4.69, 9.17) is 4.74 Å². The van der Waals surface area contributed by atoms with Crippen molar-refractivity contribution in [2.24, 2.45) is 0 Å². The van der Waals surface area contributed by atoms with Gasteiger partial charge in [-0.05, 0) is 46.9 Å². The summed E-state index contributed by atoms with van der Waals surface area (Å²) in [6.45, 7) is 3.68. The van der Waals surface area contributed by atoms with Gasteiger partial charge >= 0.3 is 5.97 Å². The average molecular weight is 354 g/mol. The van der Waals surface area contributed by atoms with E-state index in [0.717, 1.165) is 12.0 Å². The third-order valence-electron chi connectivity index (χ3n) is 4.76. The van der Waals surface area contributed by atoms with Crippen LogP contribution >= 0.6 is 0 Å². The van der Waals surface area contributed by atoms with E-state index in [1.165, 1.54) is 16.7 Å². The lowest BCUT2D eigenvalue weighted by atomic mass is 9.99. The second-order valence-corrected chi connectivity index (χ2v) is 6.58. The SMILES string of the molecule is C=C(COC(=O)c1ccccc1)C(=O)c1ccc2c(c1)Cc1ccccc1-2. The van der Waals surface area contributed by atoms with Crippen molar-refractivity contribution in [3.8, 4) is 11.1 Å². The largest absolute Gasteiger partial charge is 0.457 e. The Hall–Kier alpha value is -3.46. The fourth-order valence-electron chi connectivity index (χ4n) is 3.37. The molecule has 0 N–H and O–H groups in total. The molecule has 27 heavy (non-hydrogen) atoms. The number of benzene rings is 3. The number of Topliss-reactive ketones (excluding diaryl/α,β-unsaturated/α-hetero) is 1. The zero-order valence-electron chi connectivity index (χ0n) is 14.8. The van der Waals surface area contributed by atoms with Crippen LogP contribution in [0.4, 0.5) is 0 Å². The van der Waals surface area contributed by atoms with Crippen LogP contribution in [0.5, 0.6) is 0 Å². The monoisotopic (exact) mass is 354 g/mol. The lowest BCUT2D eigenvalue weighted by molar-refractivity contribution is 0.0537. The Balaban J connectivity index is 1.45. The minimum absolute atomic E-state index is 0.121. The van der Waals surface area contributed by atoms with E-state index in [-0.39, 0.29) is 18.0 Å². The normalized spacial score (nSPS) is 11.4. The molecule has 0 saturated carbocycles. The number of hydrogen-bond donors (Lipinski definition) is 0. The number of esters is 1. The molecule has 0 aliphatic heterocycles. The molecule has 0 amide bonds. The Bertz CT molecular complexity index is 1050. The average Bonchev–Trinajstić information content (AvgIpc) is 3.09. The number of ketones is 1. The highest BCUT2D eigenvalue weighted by atomic mass is 16.5. The summed E-state index contributed by atoms with van der Waals surface area (Å²) in [6.07, 6.45) is 0.822. The number of rotatable bonds is 5. The van der Waals surface area contributed by atoms with E-state index < -0.39 is 5.97 Å². The van der Waals surface area contributed by atoms with Crippen molar-refractivity contribution < 1.29 is 14.3 Å². The van der Waals surface area contributed by atoms with Gasteiger partial charge in [-0.25, -0.2) is 4.79 Å². The van der Waals surface area contributed by atoms with Crippen LogP contribution in [0.15, 0.2) is 84.9 Å². The van der Waals surface area contributed by atoms with Gasteiger partial charge in [0.2, 0.25) is 0 Å². The molecule has 0 saturated heterocycles. The summed E-state index contributed by atoms with van der Waals surface area (Å²) in [7, 11) is 0. The minimum atomic E-state index is -0.464. The fraction of sp³-hybridized carbons (Fsp3) is 0.0833. The minimum Gasteiger partial charge on any atom is -0.457 e. The number of hydrogen-bond acceptors (Lipinski definition) is 3. The predicted octanol–water partition coefficient (Wildman–Crippen LogP) is 4.85. The van der Waals surface area contributed by atoms with Gasteiger partial charge in [0.25, 0.3) is 0 Å². The van der Waals surface area contributed by atoms with E-state index >= 15 is 0 Å². The molecule has 4 rings (SSSR count). The van der Waals surface area contributed by atoms with Crippen molar-refractivity contribution in [3.05, 3.63) is 107 Å². The molecule has 3 aromatic rings. The summed E-state index contributed by atoms with van der Waals surface area (Å²) in [6, 6.07) is 22.7. The van der Waals surface area contributed by atoms with Gasteiger partial charge in [0.1, 0.15) is 6.61 Å². The van der Waals surface area contributed by atoms with Crippen molar-refractivity contribution in [1.82, 2.24) is 0 Å². The molecule has 1 aliphatic rings. The summed E-state index contributed by atoms with van der Waals surface area (Å²) in [5, 5.41) is 0. The van der Waals surface area contributed by atoms with Crippen LogP contribution in [0.2, 0.25) is 0 Å². The Morgan fingerprint density at radius 2 is 1.52 bits per heavy atom. The molecular weight excluding hydrogens is 336 g/mol. The molecule has 0 radical (unpaired) electrons. The third kappa shape index (κ3) is 3.32. The van der Waals surface area contributed by atoms with Crippen molar-refractivity contribution >= 4 is 11.8 Å². The molecule has 0 fully saturated rings. The molecular formula is C24H18O3. The smallest absolute Gasteiger partial charge is 0.338 e. The molecule has 3 nitrogen and oxygen atoms in total. The fourth-order valence-corrected chi connectivity index (χ4v) is 3.37. The molecule has 0 heterocycles. The summed E-state index contributed by atoms with van der Waals surface area (Å²) in [4.78, 5) is 24.7. The van der Waals surface area contributed by atoms with E-state index in [0.29, 0.717) is 11.1 Å². The predicted molar refractivity (Wildman–Crippen MR) is 105 cm³/mol. The van der Waals surface area contributed by atoms with Crippen molar-refractivity contribution in [2.45, 2.75) is 6.42 Å². The maximum absolute atomic E-state index is 12.7. The molecule has 1 aliphatic carbocycles. The zero-order valence-corrected chi connectivity index (χ0v) is 14.8. The van der Waals surface area contributed by atoms with Gasteiger partial charge in [0, 0.05) is 11.1 Å². The van der Waals surface area contributed by atoms with Crippen LogP contribution in [-0.2, 0) is 11.2 Å². The van der Waals surface area contributed by atoms with Crippen LogP contribution in [0.25, 0.3) is 11.1 Å². The number of carbonyl (C=O) groups excluding carboxylic acids is 2. The van der Waals surface area contributed by atoms with E-state index in [2.05, 4.69) is 18.7 Å². The van der Waals surface area contributed by atoms with Gasteiger partial charge in [-0.3, -0.25) is 4.79 Å². The highest BCUT2D eigenvalue weighted by Gasteiger charge is 2.20. The summed E-state index contributed by atoms with van der Waals surface area (Å²) < 4.78 is 5.22. The molecule has 0 aromatic heterocycles. The van der Waals surface area contributed by atoms with E-state index in [9.17, 15) is 9.59 Å². The van der Waals surface area contributed by atoms with Crippen LogP contribution < -0.4 is 0 Å². The lowest BCUT2D eigenvalue weighted by Crippen LogP contribution is -2.13. The van der Waals surface area contributed by atoms with Crippen LogP contribution in [0.1, 0.15) is 31.8 Å². The molecule has 0 unspecified atom stereocenters. The molecule has 132 valence electrons. The Kier molecular flexibility index (Phi) is 4.43. The standard InChI is InChI=1S/C24H18O3/c1-16(15-27-24(26)17-7-3-2-4-8-17)23(25)19-11-12-22-20(14-19)13-18-9-5-6-10-21(18)22/h2-12,14H,1,13,15H2. The number of fused-ring (bicyclic) bond motifs is 3. The maximum Gasteiger partial charge on any atom is 0.338 e. The first-order valence-corrected chi connectivity index (χ1v) is 8.79. The van der Waals surface area contributed by atoms with Crippen LogP contribution in [-0.4, -0.2) is 18.4 Å². The molecule has 0 spiro atoms. The van der Waals surface area contributed by atoms with E-state index in [1.54, 1.807) is 24.3 Å². The Morgan fingerprint density at radius 1 is 0.815 bits per heavy atom. The van der Waals surface area contributed by atoms with Gasteiger partial charge < -0.3 is 4.74 Å². The number of carbonyl (C=O) groups is 2. The topological polar surface area (TPSA) is 43.4 Å². The number of ether oxygens (including phenoxy) is 1. The van der Waals surface area contributed by atoms with Gasteiger partial charge in [-0.15, -0.1) is 0 Å². The van der Waals surface area contributed by atoms with Crippen LogP contribution in [0, 0.1) is 0 Å². The molecule has 0 bridgehead atoms. The van der Waals surface area contributed by atoms with Gasteiger partial charge in [-0.1, -0.05) is 61.2 Å².